The predicted molar refractivity (Wildman–Crippen MR) is 53.5 cm³/mol. The molecule has 1 aromatic rings. The molecule has 0 aromatic heterocycles. The Kier molecular flexibility index (Phi) is 2.36. The summed E-state index contributed by atoms with van der Waals surface area (Å²) >= 11 is 0. The lowest BCUT2D eigenvalue weighted by atomic mass is 9.71. The third-order valence-corrected chi connectivity index (χ3v) is 3.21. The zero-order chi connectivity index (χ0) is 9.26. The van der Waals surface area contributed by atoms with Crippen LogP contribution in [0.4, 0.5) is 0 Å². The van der Waals surface area contributed by atoms with Crippen molar-refractivity contribution in [3.8, 4) is 0 Å². The molecule has 1 saturated carbocycles. The third kappa shape index (κ3) is 1.61. The van der Waals surface area contributed by atoms with Gasteiger partial charge >= 0.3 is 0 Å². The molecule has 1 N–H and O–H groups in total. The molecule has 0 heterocycles. The zero-order valence-corrected chi connectivity index (χ0v) is 8.03. The Labute approximate surface area is 79.4 Å². The van der Waals surface area contributed by atoms with Gasteiger partial charge in [-0.3, -0.25) is 0 Å². The molecule has 0 radical (unpaired) electrons. The molecular weight excluding hydrogens is 160 g/mol. The van der Waals surface area contributed by atoms with Gasteiger partial charge in [-0.1, -0.05) is 31.2 Å². The molecule has 0 spiro atoms. The summed E-state index contributed by atoms with van der Waals surface area (Å²) < 4.78 is 0. The first-order chi connectivity index (χ1) is 6.31. The molecule has 1 fully saturated rings. The van der Waals surface area contributed by atoms with E-state index in [0.29, 0.717) is 0 Å². The average Bonchev–Trinajstić information content (AvgIpc) is 2.17. The van der Waals surface area contributed by atoms with Crippen LogP contribution in [0.2, 0.25) is 0 Å². The fourth-order valence-corrected chi connectivity index (χ4v) is 2.03. The first-order valence-electron chi connectivity index (χ1n) is 5.01. The first kappa shape index (κ1) is 8.76. The van der Waals surface area contributed by atoms with Crippen LogP contribution in [-0.4, -0.2) is 5.11 Å². The Morgan fingerprint density at radius 2 is 1.92 bits per heavy atom. The van der Waals surface area contributed by atoms with E-state index in [-0.39, 0.29) is 6.61 Å². The van der Waals surface area contributed by atoms with E-state index in [0.717, 1.165) is 17.4 Å². The maximum atomic E-state index is 8.89. The highest BCUT2D eigenvalue weighted by Gasteiger charge is 2.27. The molecule has 70 valence electrons. The van der Waals surface area contributed by atoms with E-state index in [2.05, 4.69) is 19.1 Å². The third-order valence-electron chi connectivity index (χ3n) is 3.21. The van der Waals surface area contributed by atoms with Crippen molar-refractivity contribution in [3.63, 3.8) is 0 Å². The number of benzene rings is 1. The molecule has 0 amide bonds. The van der Waals surface area contributed by atoms with Crippen molar-refractivity contribution in [2.24, 2.45) is 5.92 Å². The van der Waals surface area contributed by atoms with Gasteiger partial charge in [0.05, 0.1) is 6.61 Å². The molecule has 2 atom stereocenters. The highest BCUT2D eigenvalue weighted by Crippen LogP contribution is 2.41. The van der Waals surface area contributed by atoms with Crippen LogP contribution in [0.15, 0.2) is 24.3 Å². The maximum absolute atomic E-state index is 8.89. The molecule has 0 unspecified atom stereocenters. The highest BCUT2D eigenvalue weighted by atomic mass is 16.3. The Morgan fingerprint density at radius 3 is 2.31 bits per heavy atom. The van der Waals surface area contributed by atoms with Gasteiger partial charge in [-0.25, -0.2) is 0 Å². The zero-order valence-electron chi connectivity index (χ0n) is 8.03. The van der Waals surface area contributed by atoms with Crippen molar-refractivity contribution in [2.75, 3.05) is 0 Å². The molecule has 1 aliphatic carbocycles. The summed E-state index contributed by atoms with van der Waals surface area (Å²) in [6, 6.07) is 8.37. The summed E-state index contributed by atoms with van der Waals surface area (Å²) in [5.41, 5.74) is 2.45. The monoisotopic (exact) mass is 176 g/mol. The lowest BCUT2D eigenvalue weighted by Crippen LogP contribution is -2.20. The van der Waals surface area contributed by atoms with E-state index in [4.69, 9.17) is 5.11 Å². The van der Waals surface area contributed by atoms with Crippen molar-refractivity contribution in [1.29, 1.82) is 0 Å². The molecule has 0 bridgehead atoms. The highest BCUT2D eigenvalue weighted by molar-refractivity contribution is 5.26. The van der Waals surface area contributed by atoms with Gasteiger partial charge in [0, 0.05) is 0 Å². The summed E-state index contributed by atoms with van der Waals surface area (Å²) in [6.45, 7) is 2.47. The molecule has 1 aromatic carbocycles. The summed E-state index contributed by atoms with van der Waals surface area (Å²) in [6.07, 6.45) is 2.70. The van der Waals surface area contributed by atoms with E-state index in [1.807, 2.05) is 12.1 Å². The molecule has 13 heavy (non-hydrogen) atoms. The van der Waals surface area contributed by atoms with Crippen LogP contribution in [0.3, 0.4) is 0 Å². The van der Waals surface area contributed by atoms with Crippen molar-refractivity contribution >= 4 is 0 Å². The molecule has 0 saturated heterocycles. The standard InChI is InChI=1S/C12H16O/c1-9-2-7-12(9)11-5-3-10(8-13)4-6-11/h3-6,9,12-13H,2,7-8H2,1H3/t9-,12-/m0/s1. The first-order valence-corrected chi connectivity index (χ1v) is 5.01. The van der Waals surface area contributed by atoms with Crippen molar-refractivity contribution in [2.45, 2.75) is 32.3 Å². The number of hydrogen-bond acceptors (Lipinski definition) is 1. The summed E-state index contributed by atoms with van der Waals surface area (Å²) in [7, 11) is 0. The van der Waals surface area contributed by atoms with Gasteiger partial charge in [0.2, 0.25) is 0 Å². The molecule has 1 nitrogen and oxygen atoms in total. The minimum absolute atomic E-state index is 0.153. The number of rotatable bonds is 2. The van der Waals surface area contributed by atoms with Crippen molar-refractivity contribution in [1.82, 2.24) is 0 Å². The van der Waals surface area contributed by atoms with Crippen LogP contribution in [0, 0.1) is 5.92 Å². The fourth-order valence-electron chi connectivity index (χ4n) is 2.03. The largest absolute Gasteiger partial charge is 0.392 e. The fraction of sp³-hybridized carbons (Fsp3) is 0.500. The van der Waals surface area contributed by atoms with Gasteiger partial charge in [-0.05, 0) is 35.8 Å². The average molecular weight is 176 g/mol. The van der Waals surface area contributed by atoms with Crippen LogP contribution >= 0.6 is 0 Å². The van der Waals surface area contributed by atoms with E-state index in [9.17, 15) is 0 Å². The van der Waals surface area contributed by atoms with Gasteiger partial charge in [-0.15, -0.1) is 0 Å². The molecule has 1 aliphatic rings. The second-order valence-corrected chi connectivity index (χ2v) is 4.06. The molecule has 2 rings (SSSR count). The Bertz CT molecular complexity index is 276. The van der Waals surface area contributed by atoms with E-state index < -0.39 is 0 Å². The maximum Gasteiger partial charge on any atom is 0.0681 e. The van der Waals surface area contributed by atoms with Crippen molar-refractivity contribution in [3.05, 3.63) is 35.4 Å². The quantitative estimate of drug-likeness (QED) is 0.734. The van der Waals surface area contributed by atoms with E-state index in [1.165, 1.54) is 18.4 Å². The number of aliphatic hydroxyl groups is 1. The van der Waals surface area contributed by atoms with Gasteiger partial charge in [-0.2, -0.15) is 0 Å². The Balaban J connectivity index is 2.13. The minimum Gasteiger partial charge on any atom is -0.392 e. The molecule has 0 aliphatic heterocycles. The Morgan fingerprint density at radius 1 is 1.23 bits per heavy atom. The summed E-state index contributed by atoms with van der Waals surface area (Å²) in [4.78, 5) is 0. The topological polar surface area (TPSA) is 20.2 Å². The van der Waals surface area contributed by atoms with Gasteiger partial charge in [0.1, 0.15) is 0 Å². The second-order valence-electron chi connectivity index (χ2n) is 4.06. The normalized spacial score (nSPS) is 26.9. The summed E-state index contributed by atoms with van der Waals surface area (Å²) in [5, 5.41) is 8.89. The van der Waals surface area contributed by atoms with Crippen LogP contribution < -0.4 is 0 Å². The minimum atomic E-state index is 0.153. The van der Waals surface area contributed by atoms with Gasteiger partial charge < -0.3 is 5.11 Å². The predicted octanol–water partition coefficient (Wildman–Crippen LogP) is 2.69. The Hall–Kier alpha value is -0.820. The van der Waals surface area contributed by atoms with E-state index in [1.54, 1.807) is 0 Å². The van der Waals surface area contributed by atoms with E-state index >= 15 is 0 Å². The lowest BCUT2D eigenvalue weighted by Gasteiger charge is -2.34. The van der Waals surface area contributed by atoms with Crippen LogP contribution in [-0.2, 0) is 6.61 Å². The van der Waals surface area contributed by atoms with Crippen LogP contribution in [0.5, 0.6) is 0 Å². The van der Waals surface area contributed by atoms with Crippen LogP contribution in [0.25, 0.3) is 0 Å². The van der Waals surface area contributed by atoms with Gasteiger partial charge in [0.15, 0.2) is 0 Å². The smallest absolute Gasteiger partial charge is 0.0681 e. The second kappa shape index (κ2) is 3.51. The van der Waals surface area contributed by atoms with Crippen LogP contribution in [0.1, 0.15) is 36.8 Å². The van der Waals surface area contributed by atoms with Gasteiger partial charge in [0.25, 0.3) is 0 Å². The SMILES string of the molecule is C[C@H]1CC[C@@H]1c1ccc(CO)cc1. The molecular formula is C12H16O. The van der Waals surface area contributed by atoms with Crippen molar-refractivity contribution < 1.29 is 5.11 Å². The number of aliphatic hydroxyl groups excluding tert-OH is 1. The molecule has 1 heteroatoms. The summed E-state index contributed by atoms with van der Waals surface area (Å²) in [5.74, 6) is 1.62. The lowest BCUT2D eigenvalue weighted by molar-refractivity contribution is 0.277. The number of hydrogen-bond donors (Lipinski definition) is 1.